The SMILES string of the molecule is C#CCN1CCN(C(=O)c2cc(Cl)nc(C(C)C)c2)CC1. The molecule has 1 fully saturated rings. The number of hydrogen-bond acceptors (Lipinski definition) is 3. The summed E-state index contributed by atoms with van der Waals surface area (Å²) in [6, 6.07) is 3.48. The molecule has 0 bridgehead atoms. The minimum absolute atomic E-state index is 0.0153. The summed E-state index contributed by atoms with van der Waals surface area (Å²) in [7, 11) is 0. The largest absolute Gasteiger partial charge is 0.336 e. The first-order valence-electron chi connectivity index (χ1n) is 7.14. The highest BCUT2D eigenvalue weighted by molar-refractivity contribution is 6.29. The lowest BCUT2D eigenvalue weighted by molar-refractivity contribution is 0.0652. The van der Waals surface area contributed by atoms with E-state index >= 15 is 0 Å². The molecule has 4 nitrogen and oxygen atoms in total. The zero-order valence-electron chi connectivity index (χ0n) is 12.5. The van der Waals surface area contributed by atoms with Crippen LogP contribution in [0, 0.1) is 12.3 Å². The van der Waals surface area contributed by atoms with Crippen LogP contribution in [-0.2, 0) is 0 Å². The predicted molar refractivity (Wildman–Crippen MR) is 84.5 cm³/mol. The van der Waals surface area contributed by atoms with Gasteiger partial charge in [0.25, 0.3) is 5.91 Å². The number of piperazine rings is 1. The van der Waals surface area contributed by atoms with Crippen LogP contribution in [0.1, 0.15) is 35.8 Å². The van der Waals surface area contributed by atoms with E-state index in [1.54, 1.807) is 6.07 Å². The second-order valence-corrected chi connectivity index (χ2v) is 5.92. The monoisotopic (exact) mass is 305 g/mol. The summed E-state index contributed by atoms with van der Waals surface area (Å²) in [5.41, 5.74) is 1.46. The summed E-state index contributed by atoms with van der Waals surface area (Å²) in [6.45, 7) is 7.71. The molecule has 2 heterocycles. The number of aromatic nitrogens is 1. The molecule has 0 saturated carbocycles. The molecule has 0 radical (unpaired) electrons. The standard InChI is InChI=1S/C16H20ClN3O/c1-4-5-19-6-8-20(9-7-19)16(21)13-10-14(12(2)3)18-15(17)11-13/h1,10-12H,5-9H2,2-3H3. The third-order valence-electron chi connectivity index (χ3n) is 3.63. The Labute approximate surface area is 131 Å². The van der Waals surface area contributed by atoms with E-state index in [0.717, 1.165) is 18.8 Å². The Hall–Kier alpha value is -1.57. The molecule has 2 rings (SSSR count). The van der Waals surface area contributed by atoms with Gasteiger partial charge in [0.1, 0.15) is 5.15 Å². The summed E-state index contributed by atoms with van der Waals surface area (Å²) in [6.07, 6.45) is 5.31. The molecule has 0 N–H and O–H groups in total. The molecule has 0 spiro atoms. The third kappa shape index (κ3) is 3.96. The van der Waals surface area contributed by atoms with Crippen LogP contribution in [-0.4, -0.2) is 53.4 Å². The topological polar surface area (TPSA) is 36.4 Å². The average Bonchev–Trinajstić information content (AvgIpc) is 2.47. The Morgan fingerprint density at radius 2 is 2.05 bits per heavy atom. The second kappa shape index (κ2) is 6.93. The number of rotatable bonds is 3. The Kier molecular flexibility index (Phi) is 5.22. The quantitative estimate of drug-likeness (QED) is 0.635. The zero-order valence-corrected chi connectivity index (χ0v) is 13.2. The molecule has 5 heteroatoms. The van der Waals surface area contributed by atoms with Crippen molar-refractivity contribution in [2.24, 2.45) is 0 Å². The van der Waals surface area contributed by atoms with Crippen molar-refractivity contribution in [1.82, 2.24) is 14.8 Å². The average molecular weight is 306 g/mol. The number of nitrogens with zero attached hydrogens (tertiary/aromatic N) is 3. The number of pyridine rings is 1. The normalized spacial score (nSPS) is 16.0. The molecule has 0 aliphatic carbocycles. The zero-order chi connectivity index (χ0) is 15.4. The van der Waals surface area contributed by atoms with Gasteiger partial charge >= 0.3 is 0 Å². The minimum atomic E-state index is 0.0153. The molecule has 21 heavy (non-hydrogen) atoms. The number of amides is 1. The second-order valence-electron chi connectivity index (χ2n) is 5.53. The van der Waals surface area contributed by atoms with Gasteiger partial charge in [0.15, 0.2) is 0 Å². The van der Waals surface area contributed by atoms with Crippen molar-refractivity contribution in [2.75, 3.05) is 32.7 Å². The van der Waals surface area contributed by atoms with Gasteiger partial charge in [-0.3, -0.25) is 9.69 Å². The van der Waals surface area contributed by atoms with Gasteiger partial charge in [0, 0.05) is 37.4 Å². The Bertz CT molecular complexity index is 557. The fourth-order valence-electron chi connectivity index (χ4n) is 2.36. The van der Waals surface area contributed by atoms with Crippen molar-refractivity contribution in [3.63, 3.8) is 0 Å². The lowest BCUT2D eigenvalue weighted by Gasteiger charge is -2.33. The van der Waals surface area contributed by atoms with Crippen molar-refractivity contribution in [1.29, 1.82) is 0 Å². The number of carbonyl (C=O) groups is 1. The number of halogens is 1. The lowest BCUT2D eigenvalue weighted by Crippen LogP contribution is -2.48. The molecule has 1 aliphatic rings. The van der Waals surface area contributed by atoms with Gasteiger partial charge in [0.2, 0.25) is 0 Å². The number of hydrogen-bond donors (Lipinski definition) is 0. The highest BCUT2D eigenvalue weighted by Crippen LogP contribution is 2.19. The maximum atomic E-state index is 12.6. The van der Waals surface area contributed by atoms with Gasteiger partial charge in [-0.25, -0.2) is 4.98 Å². The first-order chi connectivity index (χ1) is 10.0. The molecular formula is C16H20ClN3O. The maximum absolute atomic E-state index is 12.6. The molecule has 0 atom stereocenters. The summed E-state index contributed by atoms with van der Waals surface area (Å²) >= 11 is 6.03. The van der Waals surface area contributed by atoms with Crippen LogP contribution in [0.4, 0.5) is 0 Å². The minimum Gasteiger partial charge on any atom is -0.336 e. The van der Waals surface area contributed by atoms with E-state index in [2.05, 4.69) is 15.8 Å². The van der Waals surface area contributed by atoms with E-state index < -0.39 is 0 Å². The molecule has 1 aromatic rings. The van der Waals surface area contributed by atoms with Crippen molar-refractivity contribution in [3.05, 3.63) is 28.5 Å². The summed E-state index contributed by atoms with van der Waals surface area (Å²) in [5.74, 6) is 2.89. The molecular weight excluding hydrogens is 286 g/mol. The van der Waals surface area contributed by atoms with Crippen molar-refractivity contribution in [3.8, 4) is 12.3 Å². The van der Waals surface area contributed by atoms with Gasteiger partial charge in [-0.1, -0.05) is 31.4 Å². The van der Waals surface area contributed by atoms with Gasteiger partial charge < -0.3 is 4.90 Å². The highest BCUT2D eigenvalue weighted by Gasteiger charge is 2.22. The molecule has 1 aromatic heterocycles. The fourth-order valence-corrected chi connectivity index (χ4v) is 2.57. The van der Waals surface area contributed by atoms with E-state index in [0.29, 0.717) is 30.4 Å². The van der Waals surface area contributed by atoms with Crippen LogP contribution >= 0.6 is 11.6 Å². The van der Waals surface area contributed by atoms with Crippen molar-refractivity contribution >= 4 is 17.5 Å². The van der Waals surface area contributed by atoms with E-state index in [4.69, 9.17) is 18.0 Å². The van der Waals surface area contributed by atoms with Crippen LogP contribution < -0.4 is 0 Å². The van der Waals surface area contributed by atoms with Crippen LogP contribution in [0.3, 0.4) is 0 Å². The van der Waals surface area contributed by atoms with Gasteiger partial charge in [-0.15, -0.1) is 6.42 Å². The lowest BCUT2D eigenvalue weighted by atomic mass is 10.1. The van der Waals surface area contributed by atoms with E-state index in [1.807, 2.05) is 24.8 Å². The number of carbonyl (C=O) groups excluding carboxylic acids is 1. The maximum Gasteiger partial charge on any atom is 0.254 e. The van der Waals surface area contributed by atoms with Crippen LogP contribution in [0.25, 0.3) is 0 Å². The molecule has 112 valence electrons. The third-order valence-corrected chi connectivity index (χ3v) is 3.82. The first-order valence-corrected chi connectivity index (χ1v) is 7.51. The van der Waals surface area contributed by atoms with Gasteiger partial charge in [-0.05, 0) is 18.1 Å². The summed E-state index contributed by atoms with van der Waals surface area (Å²) in [4.78, 5) is 20.9. The van der Waals surface area contributed by atoms with Crippen LogP contribution in [0.2, 0.25) is 5.15 Å². The van der Waals surface area contributed by atoms with Gasteiger partial charge in [-0.2, -0.15) is 0 Å². The molecule has 1 saturated heterocycles. The van der Waals surface area contributed by atoms with Crippen LogP contribution in [0.5, 0.6) is 0 Å². The summed E-state index contributed by atoms with van der Waals surface area (Å²) in [5, 5.41) is 0.371. The highest BCUT2D eigenvalue weighted by atomic mass is 35.5. The molecule has 1 amide bonds. The smallest absolute Gasteiger partial charge is 0.254 e. The molecule has 1 aliphatic heterocycles. The van der Waals surface area contributed by atoms with E-state index in [1.165, 1.54) is 0 Å². The predicted octanol–water partition coefficient (Wildman–Crippen LogP) is 2.25. The summed E-state index contributed by atoms with van der Waals surface area (Å²) < 4.78 is 0. The van der Waals surface area contributed by atoms with Crippen molar-refractivity contribution in [2.45, 2.75) is 19.8 Å². The van der Waals surface area contributed by atoms with E-state index in [-0.39, 0.29) is 11.8 Å². The number of terminal acetylenes is 1. The van der Waals surface area contributed by atoms with E-state index in [9.17, 15) is 4.79 Å². The Balaban J connectivity index is 2.09. The molecule has 0 unspecified atom stereocenters. The Morgan fingerprint density at radius 3 is 2.62 bits per heavy atom. The fraction of sp³-hybridized carbons (Fsp3) is 0.500. The Morgan fingerprint density at radius 1 is 1.38 bits per heavy atom. The van der Waals surface area contributed by atoms with Crippen LogP contribution in [0.15, 0.2) is 12.1 Å². The molecule has 0 aromatic carbocycles. The van der Waals surface area contributed by atoms with Gasteiger partial charge in [0.05, 0.1) is 6.54 Å². The first kappa shape index (κ1) is 15.8. The van der Waals surface area contributed by atoms with Crippen molar-refractivity contribution < 1.29 is 4.79 Å².